The third-order valence-electron chi connectivity index (χ3n) is 2.61. The average Bonchev–Trinajstić information content (AvgIpc) is 2.37. The second-order valence-electron chi connectivity index (χ2n) is 4.09. The Morgan fingerprint density at radius 2 is 2.00 bits per heavy atom. The van der Waals surface area contributed by atoms with Crippen molar-refractivity contribution in [2.45, 2.75) is 11.8 Å². The second-order valence-corrected chi connectivity index (χ2v) is 5.62. The molecule has 5 nitrogen and oxygen atoms in total. The van der Waals surface area contributed by atoms with E-state index in [0.717, 1.165) is 5.56 Å². The van der Waals surface area contributed by atoms with Crippen LogP contribution in [0.3, 0.4) is 0 Å². The van der Waals surface area contributed by atoms with E-state index in [0.29, 0.717) is 16.8 Å². The van der Waals surface area contributed by atoms with Crippen LogP contribution in [0.2, 0.25) is 0 Å². The van der Waals surface area contributed by atoms with E-state index in [9.17, 15) is 8.42 Å². The van der Waals surface area contributed by atoms with Crippen LogP contribution in [-0.2, 0) is 10.0 Å². The number of pyridine rings is 1. The lowest BCUT2D eigenvalue weighted by Crippen LogP contribution is -2.13. The Labute approximate surface area is 111 Å². The summed E-state index contributed by atoms with van der Waals surface area (Å²) in [4.78, 5) is 4.12. The van der Waals surface area contributed by atoms with E-state index in [2.05, 4.69) is 4.98 Å². The van der Waals surface area contributed by atoms with Gasteiger partial charge < -0.3 is 0 Å². The Bertz CT molecular complexity index is 759. The van der Waals surface area contributed by atoms with Crippen molar-refractivity contribution >= 4 is 10.0 Å². The van der Waals surface area contributed by atoms with Crippen LogP contribution in [0.1, 0.15) is 11.1 Å². The topological polar surface area (TPSA) is 96.8 Å². The fourth-order valence-corrected chi connectivity index (χ4v) is 2.44. The highest BCUT2D eigenvalue weighted by molar-refractivity contribution is 7.89. The first-order valence-corrected chi connectivity index (χ1v) is 6.96. The average molecular weight is 273 g/mol. The second kappa shape index (κ2) is 4.80. The number of aryl methyl sites for hydroxylation is 1. The maximum Gasteiger partial charge on any atom is 0.238 e. The highest BCUT2D eigenvalue weighted by Gasteiger charge is 2.16. The van der Waals surface area contributed by atoms with Crippen LogP contribution in [-0.4, -0.2) is 13.4 Å². The van der Waals surface area contributed by atoms with Crippen molar-refractivity contribution in [2.24, 2.45) is 5.14 Å². The predicted molar refractivity (Wildman–Crippen MR) is 70.5 cm³/mol. The highest BCUT2D eigenvalue weighted by Crippen LogP contribution is 2.26. The van der Waals surface area contributed by atoms with Crippen molar-refractivity contribution in [2.75, 3.05) is 0 Å². The van der Waals surface area contributed by atoms with Gasteiger partial charge in [-0.3, -0.25) is 4.98 Å². The summed E-state index contributed by atoms with van der Waals surface area (Å²) in [5.41, 5.74) is 2.21. The third-order valence-corrected chi connectivity index (χ3v) is 3.58. The number of hydrogen-bond donors (Lipinski definition) is 1. The monoisotopic (exact) mass is 273 g/mol. The lowest BCUT2D eigenvalue weighted by atomic mass is 10.1. The Hall–Kier alpha value is -2.23. The van der Waals surface area contributed by atoms with Crippen LogP contribution >= 0.6 is 0 Å². The molecule has 0 saturated carbocycles. The first kappa shape index (κ1) is 13.2. The molecule has 19 heavy (non-hydrogen) atoms. The van der Waals surface area contributed by atoms with Crippen molar-refractivity contribution < 1.29 is 8.42 Å². The zero-order chi connectivity index (χ0) is 14.0. The molecular formula is C13H11N3O2S. The summed E-state index contributed by atoms with van der Waals surface area (Å²) in [6, 6.07) is 9.97. The van der Waals surface area contributed by atoms with Crippen LogP contribution in [0, 0.1) is 18.3 Å². The Morgan fingerprint density at radius 3 is 2.53 bits per heavy atom. The molecule has 0 aliphatic rings. The molecule has 0 bridgehead atoms. The van der Waals surface area contributed by atoms with Crippen LogP contribution < -0.4 is 5.14 Å². The molecule has 0 spiro atoms. The summed E-state index contributed by atoms with van der Waals surface area (Å²) in [5.74, 6) is 0. The number of hydrogen-bond acceptors (Lipinski definition) is 4. The molecule has 1 heterocycles. The quantitative estimate of drug-likeness (QED) is 0.898. The fourth-order valence-electron chi connectivity index (χ4n) is 1.71. The van der Waals surface area contributed by atoms with Gasteiger partial charge >= 0.3 is 0 Å². The summed E-state index contributed by atoms with van der Waals surface area (Å²) in [7, 11) is -3.82. The van der Waals surface area contributed by atoms with E-state index >= 15 is 0 Å². The van der Waals surface area contributed by atoms with E-state index < -0.39 is 10.0 Å². The van der Waals surface area contributed by atoms with Gasteiger partial charge in [-0.15, -0.1) is 0 Å². The van der Waals surface area contributed by atoms with Gasteiger partial charge in [-0.2, -0.15) is 5.26 Å². The third kappa shape index (κ3) is 2.78. The van der Waals surface area contributed by atoms with Crippen LogP contribution in [0.4, 0.5) is 0 Å². The number of nitrogens with two attached hydrogens (primary N) is 1. The van der Waals surface area contributed by atoms with E-state index in [1.807, 2.05) is 13.0 Å². The number of benzene rings is 1. The van der Waals surface area contributed by atoms with Crippen molar-refractivity contribution in [1.29, 1.82) is 5.26 Å². The van der Waals surface area contributed by atoms with Gasteiger partial charge in [-0.25, -0.2) is 13.6 Å². The van der Waals surface area contributed by atoms with Gasteiger partial charge in [0.1, 0.15) is 6.07 Å². The van der Waals surface area contributed by atoms with E-state index in [-0.39, 0.29) is 4.90 Å². The van der Waals surface area contributed by atoms with E-state index in [1.165, 1.54) is 12.3 Å². The Kier molecular flexibility index (Phi) is 3.34. The molecule has 1 aromatic heterocycles. The Balaban J connectivity index is 2.67. The van der Waals surface area contributed by atoms with Gasteiger partial charge in [0.15, 0.2) is 0 Å². The molecule has 0 unspecified atom stereocenters. The minimum absolute atomic E-state index is 0.0234. The number of nitrogens with zero attached hydrogens (tertiary/aromatic N) is 2. The lowest BCUT2D eigenvalue weighted by Gasteiger charge is -2.08. The number of primary sulfonamides is 1. The van der Waals surface area contributed by atoms with E-state index in [4.69, 9.17) is 10.4 Å². The molecule has 0 radical (unpaired) electrons. The maximum atomic E-state index is 11.6. The molecule has 96 valence electrons. The Morgan fingerprint density at radius 1 is 1.26 bits per heavy atom. The van der Waals surface area contributed by atoms with Gasteiger partial charge in [0.2, 0.25) is 10.0 Å². The van der Waals surface area contributed by atoms with Crippen LogP contribution in [0.25, 0.3) is 11.3 Å². The molecular weight excluding hydrogens is 262 g/mol. The smallest absolute Gasteiger partial charge is 0.238 e. The van der Waals surface area contributed by atoms with E-state index in [1.54, 1.807) is 24.3 Å². The number of sulfonamides is 1. The van der Waals surface area contributed by atoms with Crippen molar-refractivity contribution in [3.05, 3.63) is 47.7 Å². The van der Waals surface area contributed by atoms with Gasteiger partial charge in [-0.1, -0.05) is 11.6 Å². The summed E-state index contributed by atoms with van der Waals surface area (Å²) >= 11 is 0. The zero-order valence-electron chi connectivity index (χ0n) is 10.2. The molecule has 0 atom stereocenters. The van der Waals surface area contributed by atoms with Gasteiger partial charge in [0.25, 0.3) is 0 Å². The normalized spacial score (nSPS) is 11.0. The number of aromatic nitrogens is 1. The first-order valence-electron chi connectivity index (χ1n) is 5.42. The van der Waals surface area contributed by atoms with Crippen molar-refractivity contribution in [3.63, 3.8) is 0 Å². The number of rotatable bonds is 2. The molecule has 0 aliphatic heterocycles. The molecule has 2 aromatic rings. The molecule has 0 amide bonds. The molecule has 0 saturated heterocycles. The summed E-state index contributed by atoms with van der Waals surface area (Å²) in [5, 5.41) is 13.9. The SMILES string of the molecule is Cc1ccc(S(N)(=O)=O)c(-c2ccc(C#N)cn2)c1. The first-order chi connectivity index (χ1) is 8.91. The molecule has 0 fully saturated rings. The van der Waals surface area contributed by atoms with Gasteiger partial charge in [0.05, 0.1) is 16.2 Å². The van der Waals surface area contributed by atoms with Crippen LogP contribution in [0.5, 0.6) is 0 Å². The maximum absolute atomic E-state index is 11.6. The summed E-state index contributed by atoms with van der Waals surface area (Å²) < 4.78 is 23.1. The lowest BCUT2D eigenvalue weighted by molar-refractivity contribution is 0.598. The fraction of sp³-hybridized carbons (Fsp3) is 0.0769. The van der Waals surface area contributed by atoms with Crippen molar-refractivity contribution in [3.8, 4) is 17.3 Å². The molecule has 0 aliphatic carbocycles. The van der Waals surface area contributed by atoms with Gasteiger partial charge in [0, 0.05) is 11.8 Å². The molecule has 6 heteroatoms. The zero-order valence-corrected chi connectivity index (χ0v) is 11.0. The minimum atomic E-state index is -3.82. The molecule has 1 aromatic carbocycles. The largest absolute Gasteiger partial charge is 0.255 e. The molecule has 2 N–H and O–H groups in total. The van der Waals surface area contributed by atoms with Gasteiger partial charge in [-0.05, 0) is 31.2 Å². The summed E-state index contributed by atoms with van der Waals surface area (Å²) in [6.45, 7) is 1.85. The highest BCUT2D eigenvalue weighted by atomic mass is 32.2. The van der Waals surface area contributed by atoms with Crippen LogP contribution in [0.15, 0.2) is 41.4 Å². The summed E-state index contributed by atoms with van der Waals surface area (Å²) in [6.07, 6.45) is 1.39. The standard InChI is InChI=1S/C13H11N3O2S/c1-9-2-5-13(19(15,17)18)11(6-9)12-4-3-10(7-14)8-16-12/h2-6,8H,1H3,(H2,15,17,18). The van der Waals surface area contributed by atoms with Crippen molar-refractivity contribution in [1.82, 2.24) is 4.98 Å². The number of nitriles is 1. The molecule has 2 rings (SSSR count). The minimum Gasteiger partial charge on any atom is -0.255 e. The predicted octanol–water partition coefficient (Wildman–Crippen LogP) is 1.58.